The number of Topliss-reactive ketones (excluding diaryl/α,β-unsaturated/α-hetero) is 1. The molecule has 0 saturated carbocycles. The maximum atomic E-state index is 12.9. The number of amides is 1. The number of ketones is 1. The van der Waals surface area contributed by atoms with Gasteiger partial charge in [0, 0.05) is 16.6 Å². The molecule has 0 radical (unpaired) electrons. The molecule has 1 aliphatic heterocycles. The van der Waals surface area contributed by atoms with E-state index >= 15 is 0 Å². The summed E-state index contributed by atoms with van der Waals surface area (Å²) in [6, 6.07) is 13.7. The Bertz CT molecular complexity index is 936. The second kappa shape index (κ2) is 9.27. The minimum atomic E-state index is -0.663. The average Bonchev–Trinajstić information content (AvgIpc) is 2.98. The molecule has 0 aromatic heterocycles. The Hall–Kier alpha value is -2.60. The Balaban J connectivity index is 2.12. The molecule has 1 N–H and O–H groups in total. The summed E-state index contributed by atoms with van der Waals surface area (Å²) in [7, 11) is 0. The van der Waals surface area contributed by atoms with Crippen LogP contribution < -0.4 is 4.74 Å². The number of nitrogens with zero attached hydrogens (tertiary/aromatic N) is 1. The molecule has 1 unspecified atom stereocenters. The summed E-state index contributed by atoms with van der Waals surface area (Å²) in [5.41, 5.74) is 1.34. The van der Waals surface area contributed by atoms with E-state index < -0.39 is 17.7 Å². The van der Waals surface area contributed by atoms with Gasteiger partial charge in [0.25, 0.3) is 11.7 Å². The molecule has 0 bridgehead atoms. The summed E-state index contributed by atoms with van der Waals surface area (Å²) < 4.78 is 6.58. The lowest BCUT2D eigenvalue weighted by Gasteiger charge is -2.25. The summed E-state index contributed by atoms with van der Waals surface area (Å²) in [5.74, 6) is -0.742. The first-order valence-corrected chi connectivity index (χ1v) is 10.5. The molecule has 0 spiro atoms. The fourth-order valence-electron chi connectivity index (χ4n) is 3.46. The van der Waals surface area contributed by atoms with Crippen LogP contribution >= 0.6 is 15.9 Å². The zero-order chi connectivity index (χ0) is 21.0. The van der Waals surface area contributed by atoms with Gasteiger partial charge >= 0.3 is 0 Å². The van der Waals surface area contributed by atoms with Crippen molar-refractivity contribution < 1.29 is 19.4 Å². The second-order valence-corrected chi connectivity index (χ2v) is 7.84. The van der Waals surface area contributed by atoms with E-state index in [1.54, 1.807) is 24.3 Å². The highest BCUT2D eigenvalue weighted by Gasteiger charge is 2.45. The smallest absolute Gasteiger partial charge is 0.295 e. The first-order valence-electron chi connectivity index (χ1n) is 9.75. The number of likely N-dealkylation sites (tertiary alicyclic amines) is 1. The maximum absolute atomic E-state index is 12.9. The minimum Gasteiger partial charge on any atom is -0.507 e. The van der Waals surface area contributed by atoms with Crippen molar-refractivity contribution in [3.63, 3.8) is 0 Å². The van der Waals surface area contributed by atoms with E-state index in [0.29, 0.717) is 30.9 Å². The largest absolute Gasteiger partial charge is 0.507 e. The van der Waals surface area contributed by atoms with Crippen molar-refractivity contribution in [2.24, 2.45) is 0 Å². The summed E-state index contributed by atoms with van der Waals surface area (Å²) >= 11 is 3.37. The van der Waals surface area contributed by atoms with Gasteiger partial charge in [0.05, 0.1) is 18.2 Å². The Morgan fingerprint density at radius 1 is 1.10 bits per heavy atom. The third-order valence-electron chi connectivity index (χ3n) is 4.77. The Morgan fingerprint density at radius 3 is 2.48 bits per heavy atom. The van der Waals surface area contributed by atoms with Crippen molar-refractivity contribution in [2.45, 2.75) is 32.7 Å². The monoisotopic (exact) mass is 457 g/mol. The summed E-state index contributed by atoms with van der Waals surface area (Å²) in [5, 5.41) is 11.0. The van der Waals surface area contributed by atoms with Crippen LogP contribution in [0, 0.1) is 0 Å². The van der Waals surface area contributed by atoms with Gasteiger partial charge in [-0.15, -0.1) is 0 Å². The van der Waals surface area contributed by atoms with E-state index in [1.807, 2.05) is 38.1 Å². The molecule has 2 aromatic carbocycles. The minimum absolute atomic E-state index is 0.110. The van der Waals surface area contributed by atoms with E-state index in [2.05, 4.69) is 15.9 Å². The highest BCUT2D eigenvalue weighted by molar-refractivity contribution is 9.10. The summed E-state index contributed by atoms with van der Waals surface area (Å²) in [6.07, 6.45) is 1.58. The number of aliphatic hydroxyl groups excluding tert-OH is 1. The predicted molar refractivity (Wildman–Crippen MR) is 116 cm³/mol. The van der Waals surface area contributed by atoms with E-state index in [-0.39, 0.29) is 11.3 Å². The standard InChI is InChI=1S/C23H24BrNO4/c1-3-12-25-20(16-6-5-7-18(14-16)29-13-4-2)19(22(27)23(25)28)21(26)15-8-10-17(24)11-9-15/h5-11,14,20,26H,3-4,12-13H2,1-2H3/b21-19-. The molecule has 1 fully saturated rings. The van der Waals surface area contributed by atoms with Crippen LogP contribution in [0.3, 0.4) is 0 Å². The normalized spacial score (nSPS) is 18.3. The Kier molecular flexibility index (Phi) is 6.75. The molecule has 1 heterocycles. The molecule has 1 aliphatic rings. The van der Waals surface area contributed by atoms with Gasteiger partial charge in [0.2, 0.25) is 0 Å². The van der Waals surface area contributed by atoms with Crippen LogP contribution in [0.15, 0.2) is 58.6 Å². The SMILES string of the molecule is CCCOc1cccc(C2/C(=C(/O)c3ccc(Br)cc3)C(=O)C(=O)N2CCC)c1. The second-order valence-electron chi connectivity index (χ2n) is 6.92. The lowest BCUT2D eigenvalue weighted by Crippen LogP contribution is -2.30. The highest BCUT2D eigenvalue weighted by atomic mass is 79.9. The van der Waals surface area contributed by atoms with Crippen molar-refractivity contribution in [1.29, 1.82) is 0 Å². The molecule has 29 heavy (non-hydrogen) atoms. The van der Waals surface area contributed by atoms with Crippen molar-refractivity contribution in [1.82, 2.24) is 4.90 Å². The first kappa shape index (κ1) is 21.1. The number of ether oxygens (including phenoxy) is 1. The van der Waals surface area contributed by atoms with Crippen LogP contribution in [-0.2, 0) is 9.59 Å². The molecule has 152 valence electrons. The molecular weight excluding hydrogens is 434 g/mol. The van der Waals surface area contributed by atoms with E-state index in [4.69, 9.17) is 4.74 Å². The summed E-state index contributed by atoms with van der Waals surface area (Å²) in [4.78, 5) is 27.1. The van der Waals surface area contributed by atoms with Gasteiger partial charge in [-0.25, -0.2) is 0 Å². The van der Waals surface area contributed by atoms with Crippen molar-refractivity contribution in [2.75, 3.05) is 13.2 Å². The fourth-order valence-corrected chi connectivity index (χ4v) is 3.72. The van der Waals surface area contributed by atoms with Gasteiger partial charge in [0.15, 0.2) is 0 Å². The van der Waals surface area contributed by atoms with Crippen molar-refractivity contribution >= 4 is 33.4 Å². The molecule has 1 atom stereocenters. The molecule has 3 rings (SSSR count). The first-order chi connectivity index (χ1) is 14.0. The quantitative estimate of drug-likeness (QED) is 0.358. The van der Waals surface area contributed by atoms with Crippen LogP contribution in [0.2, 0.25) is 0 Å². The lowest BCUT2D eigenvalue weighted by atomic mass is 9.95. The van der Waals surface area contributed by atoms with Gasteiger partial charge in [-0.1, -0.05) is 54.0 Å². The number of rotatable bonds is 7. The number of hydrogen-bond acceptors (Lipinski definition) is 4. The predicted octanol–water partition coefficient (Wildman–Crippen LogP) is 5.07. The molecule has 1 saturated heterocycles. The number of hydrogen-bond donors (Lipinski definition) is 1. The number of aliphatic hydroxyl groups is 1. The number of carbonyl (C=O) groups excluding carboxylic acids is 2. The van der Waals surface area contributed by atoms with Crippen LogP contribution in [0.4, 0.5) is 0 Å². The Labute approximate surface area is 179 Å². The third-order valence-corrected chi connectivity index (χ3v) is 5.30. The van der Waals surface area contributed by atoms with Gasteiger partial charge in [-0.2, -0.15) is 0 Å². The zero-order valence-corrected chi connectivity index (χ0v) is 18.1. The highest BCUT2D eigenvalue weighted by Crippen LogP contribution is 2.40. The van der Waals surface area contributed by atoms with Crippen molar-refractivity contribution in [3.05, 3.63) is 69.7 Å². The van der Waals surface area contributed by atoms with Crippen LogP contribution in [-0.4, -0.2) is 34.8 Å². The maximum Gasteiger partial charge on any atom is 0.295 e. The fraction of sp³-hybridized carbons (Fsp3) is 0.304. The third kappa shape index (κ3) is 4.37. The molecule has 0 aliphatic carbocycles. The van der Waals surface area contributed by atoms with Gasteiger partial charge in [-0.05, 0) is 42.7 Å². The number of carbonyl (C=O) groups is 2. The Morgan fingerprint density at radius 2 is 1.83 bits per heavy atom. The van der Waals surface area contributed by atoms with E-state index in [9.17, 15) is 14.7 Å². The van der Waals surface area contributed by atoms with Crippen LogP contribution in [0.1, 0.15) is 43.9 Å². The molecule has 2 aromatic rings. The van der Waals surface area contributed by atoms with E-state index in [0.717, 1.165) is 16.5 Å². The van der Waals surface area contributed by atoms with Gasteiger partial charge in [0.1, 0.15) is 11.5 Å². The summed E-state index contributed by atoms with van der Waals surface area (Å²) in [6.45, 7) is 4.98. The topological polar surface area (TPSA) is 66.8 Å². The zero-order valence-electron chi connectivity index (χ0n) is 16.5. The van der Waals surface area contributed by atoms with Gasteiger partial charge < -0.3 is 14.7 Å². The van der Waals surface area contributed by atoms with E-state index in [1.165, 1.54) is 4.90 Å². The van der Waals surface area contributed by atoms with Gasteiger partial charge in [-0.3, -0.25) is 9.59 Å². The average molecular weight is 458 g/mol. The molecular formula is C23H24BrNO4. The van der Waals surface area contributed by atoms with Crippen LogP contribution in [0.5, 0.6) is 5.75 Å². The number of benzene rings is 2. The molecule has 5 nitrogen and oxygen atoms in total. The number of halogens is 1. The van der Waals surface area contributed by atoms with Crippen LogP contribution in [0.25, 0.3) is 5.76 Å². The van der Waals surface area contributed by atoms with Crippen molar-refractivity contribution in [3.8, 4) is 5.75 Å². The lowest BCUT2D eigenvalue weighted by molar-refractivity contribution is -0.139. The molecule has 1 amide bonds. The molecule has 6 heteroatoms.